The molecule has 0 saturated carbocycles. The summed E-state index contributed by atoms with van der Waals surface area (Å²) in [6.07, 6.45) is 2.24. The first-order valence-electron chi connectivity index (χ1n) is 3.88. The van der Waals surface area contributed by atoms with Gasteiger partial charge >= 0.3 is 5.97 Å². The average Bonchev–Trinajstić information content (AvgIpc) is 2.49. The van der Waals surface area contributed by atoms with E-state index < -0.39 is 6.04 Å². The number of hydrogen-bond donors (Lipinski definition) is 1. The van der Waals surface area contributed by atoms with Gasteiger partial charge < -0.3 is 10.5 Å². The molecule has 0 aliphatic rings. The molecule has 0 fully saturated rings. The minimum atomic E-state index is -0.579. The molecule has 0 spiro atoms. The molecular weight excluding hydrogens is 188 g/mol. The summed E-state index contributed by atoms with van der Waals surface area (Å²) in [5.41, 5.74) is 5.57. The van der Waals surface area contributed by atoms with Crippen LogP contribution in [-0.4, -0.2) is 24.1 Å². The smallest absolute Gasteiger partial charge is 0.323 e. The second-order valence-corrected chi connectivity index (χ2v) is 4.00. The van der Waals surface area contributed by atoms with E-state index in [0.29, 0.717) is 6.42 Å². The Labute approximate surface area is 80.7 Å². The number of ether oxygens (including phenoxy) is 1. The fourth-order valence-corrected chi connectivity index (χ4v) is 1.80. The topological polar surface area (TPSA) is 65.2 Å². The van der Waals surface area contributed by atoms with Gasteiger partial charge in [-0.05, 0) is 6.92 Å². The highest BCUT2D eigenvalue weighted by Crippen LogP contribution is 2.13. The highest BCUT2D eigenvalue weighted by molar-refractivity contribution is 7.11. The normalized spacial score (nSPS) is 12.5. The molecule has 1 rings (SSSR count). The number of hydrogen-bond acceptors (Lipinski definition) is 5. The molecule has 0 radical (unpaired) electrons. The Bertz CT molecular complexity index is 298. The minimum Gasteiger partial charge on any atom is -0.468 e. The minimum absolute atomic E-state index is 0.383. The monoisotopic (exact) mass is 200 g/mol. The Morgan fingerprint density at radius 3 is 3.00 bits per heavy atom. The van der Waals surface area contributed by atoms with Crippen LogP contribution in [0.4, 0.5) is 0 Å². The quantitative estimate of drug-likeness (QED) is 0.721. The molecule has 1 aromatic rings. The van der Waals surface area contributed by atoms with E-state index in [-0.39, 0.29) is 5.97 Å². The molecule has 5 heteroatoms. The highest BCUT2D eigenvalue weighted by Gasteiger charge is 2.15. The van der Waals surface area contributed by atoms with Crippen LogP contribution in [0.3, 0.4) is 0 Å². The number of nitrogens with two attached hydrogens (primary N) is 1. The lowest BCUT2D eigenvalue weighted by atomic mass is 10.2. The SMILES string of the molecule is COC(=O)[C@H](N)Cc1cnc(C)s1. The van der Waals surface area contributed by atoms with Gasteiger partial charge in [0.1, 0.15) is 6.04 Å². The van der Waals surface area contributed by atoms with E-state index in [9.17, 15) is 4.79 Å². The van der Waals surface area contributed by atoms with Crippen molar-refractivity contribution >= 4 is 17.3 Å². The average molecular weight is 200 g/mol. The van der Waals surface area contributed by atoms with Gasteiger partial charge in [0.2, 0.25) is 0 Å². The van der Waals surface area contributed by atoms with Crippen molar-refractivity contribution in [3.05, 3.63) is 16.1 Å². The van der Waals surface area contributed by atoms with Gasteiger partial charge in [-0.1, -0.05) is 0 Å². The van der Waals surface area contributed by atoms with E-state index in [4.69, 9.17) is 5.73 Å². The van der Waals surface area contributed by atoms with Crippen molar-refractivity contribution < 1.29 is 9.53 Å². The van der Waals surface area contributed by atoms with Gasteiger partial charge in [0.25, 0.3) is 0 Å². The number of rotatable bonds is 3. The van der Waals surface area contributed by atoms with Crippen molar-refractivity contribution in [2.75, 3.05) is 7.11 Å². The van der Waals surface area contributed by atoms with Crippen LogP contribution in [0.2, 0.25) is 0 Å². The van der Waals surface area contributed by atoms with Crippen LogP contribution in [0, 0.1) is 6.92 Å². The molecular formula is C8H12N2O2S. The lowest BCUT2D eigenvalue weighted by Gasteiger charge is -2.06. The van der Waals surface area contributed by atoms with Gasteiger partial charge in [-0.2, -0.15) is 0 Å². The van der Waals surface area contributed by atoms with E-state index in [1.165, 1.54) is 7.11 Å². The lowest BCUT2D eigenvalue weighted by molar-refractivity contribution is -0.142. The maximum absolute atomic E-state index is 11.0. The third-order valence-corrected chi connectivity index (χ3v) is 2.53. The summed E-state index contributed by atoms with van der Waals surface area (Å²) in [4.78, 5) is 16.0. The van der Waals surface area contributed by atoms with Gasteiger partial charge in [-0.3, -0.25) is 4.79 Å². The standard InChI is InChI=1S/C8H12N2O2S/c1-5-10-4-6(13-5)3-7(9)8(11)12-2/h4,7H,3,9H2,1-2H3/t7-/m1/s1. The van der Waals surface area contributed by atoms with Crippen molar-refractivity contribution in [2.45, 2.75) is 19.4 Å². The number of thiazole rings is 1. The summed E-state index contributed by atoms with van der Waals surface area (Å²) in [6.45, 7) is 1.91. The molecule has 0 aliphatic heterocycles. The number of carbonyl (C=O) groups is 1. The van der Waals surface area contributed by atoms with E-state index >= 15 is 0 Å². The fraction of sp³-hybridized carbons (Fsp3) is 0.500. The van der Waals surface area contributed by atoms with Crippen molar-refractivity contribution in [1.82, 2.24) is 4.98 Å². The highest BCUT2D eigenvalue weighted by atomic mass is 32.1. The van der Waals surface area contributed by atoms with Crippen molar-refractivity contribution in [3.8, 4) is 0 Å². The summed E-state index contributed by atoms with van der Waals surface area (Å²) < 4.78 is 4.51. The molecule has 0 aromatic carbocycles. The number of carbonyl (C=O) groups excluding carboxylic acids is 1. The third-order valence-electron chi connectivity index (χ3n) is 1.59. The Morgan fingerprint density at radius 1 is 1.85 bits per heavy atom. The van der Waals surface area contributed by atoms with Crippen LogP contribution in [-0.2, 0) is 16.0 Å². The molecule has 4 nitrogen and oxygen atoms in total. The molecule has 72 valence electrons. The summed E-state index contributed by atoms with van der Waals surface area (Å²) >= 11 is 1.55. The van der Waals surface area contributed by atoms with Crippen molar-refractivity contribution in [1.29, 1.82) is 0 Å². The third kappa shape index (κ3) is 2.78. The van der Waals surface area contributed by atoms with E-state index in [2.05, 4.69) is 9.72 Å². The predicted molar refractivity (Wildman–Crippen MR) is 50.5 cm³/mol. The Morgan fingerprint density at radius 2 is 2.54 bits per heavy atom. The zero-order valence-corrected chi connectivity index (χ0v) is 8.43. The molecule has 0 bridgehead atoms. The number of aromatic nitrogens is 1. The fourth-order valence-electron chi connectivity index (χ4n) is 0.951. The Kier molecular flexibility index (Phi) is 3.39. The first-order chi connectivity index (χ1) is 6.13. The molecule has 1 atom stereocenters. The molecule has 0 unspecified atom stereocenters. The summed E-state index contributed by atoms with van der Waals surface area (Å²) in [7, 11) is 1.33. The first kappa shape index (κ1) is 10.1. The van der Waals surface area contributed by atoms with Gasteiger partial charge in [0.15, 0.2) is 0 Å². The van der Waals surface area contributed by atoms with Gasteiger partial charge in [-0.15, -0.1) is 11.3 Å². The van der Waals surface area contributed by atoms with Crippen LogP contribution in [0.25, 0.3) is 0 Å². The zero-order chi connectivity index (χ0) is 9.84. The van der Waals surface area contributed by atoms with E-state index in [1.807, 2.05) is 6.92 Å². The second-order valence-electron chi connectivity index (χ2n) is 2.68. The second kappa shape index (κ2) is 4.34. The number of esters is 1. The molecule has 0 aliphatic carbocycles. The van der Waals surface area contributed by atoms with Gasteiger partial charge in [0.05, 0.1) is 12.1 Å². The molecule has 0 amide bonds. The van der Waals surface area contributed by atoms with Gasteiger partial charge in [0, 0.05) is 17.5 Å². The van der Waals surface area contributed by atoms with Crippen LogP contribution in [0.15, 0.2) is 6.20 Å². The lowest BCUT2D eigenvalue weighted by Crippen LogP contribution is -2.33. The summed E-state index contributed by atoms with van der Waals surface area (Å²) in [5.74, 6) is -0.383. The Hall–Kier alpha value is -0.940. The van der Waals surface area contributed by atoms with Crippen LogP contribution in [0.5, 0.6) is 0 Å². The van der Waals surface area contributed by atoms with E-state index in [1.54, 1.807) is 17.5 Å². The first-order valence-corrected chi connectivity index (χ1v) is 4.70. The van der Waals surface area contributed by atoms with Crippen LogP contribution >= 0.6 is 11.3 Å². The maximum atomic E-state index is 11.0. The van der Waals surface area contributed by atoms with Gasteiger partial charge in [-0.25, -0.2) is 4.98 Å². The van der Waals surface area contributed by atoms with Crippen molar-refractivity contribution in [2.24, 2.45) is 5.73 Å². The molecule has 13 heavy (non-hydrogen) atoms. The van der Waals surface area contributed by atoms with Crippen LogP contribution in [0.1, 0.15) is 9.88 Å². The largest absolute Gasteiger partial charge is 0.468 e. The van der Waals surface area contributed by atoms with Crippen LogP contribution < -0.4 is 5.73 Å². The summed E-state index contributed by atoms with van der Waals surface area (Å²) in [6, 6.07) is -0.579. The summed E-state index contributed by atoms with van der Waals surface area (Å²) in [5, 5.41) is 0.979. The molecule has 1 heterocycles. The zero-order valence-electron chi connectivity index (χ0n) is 7.61. The maximum Gasteiger partial charge on any atom is 0.323 e. The number of aryl methyl sites for hydroxylation is 1. The predicted octanol–water partition coefficient (Wildman–Crippen LogP) is 0.494. The van der Waals surface area contributed by atoms with Crippen molar-refractivity contribution in [3.63, 3.8) is 0 Å². The number of methoxy groups -OCH3 is 1. The Balaban J connectivity index is 2.54. The van der Waals surface area contributed by atoms with E-state index in [0.717, 1.165) is 9.88 Å². The molecule has 2 N–H and O–H groups in total. The molecule has 1 aromatic heterocycles. The molecule has 0 saturated heterocycles. The number of nitrogens with zero attached hydrogens (tertiary/aromatic N) is 1.